The van der Waals surface area contributed by atoms with Crippen LogP contribution in [0.2, 0.25) is 0 Å². The Kier molecular flexibility index (Phi) is 8.26. The van der Waals surface area contributed by atoms with Crippen LogP contribution >= 0.6 is 0 Å². The van der Waals surface area contributed by atoms with Crippen LogP contribution in [0.4, 0.5) is 16.2 Å². The van der Waals surface area contributed by atoms with Crippen LogP contribution in [0.25, 0.3) is 0 Å². The quantitative estimate of drug-likeness (QED) is 0.255. The fourth-order valence-electron chi connectivity index (χ4n) is 5.57. The third-order valence-corrected chi connectivity index (χ3v) is 7.80. The number of nitrogens with zero attached hydrogens (tertiary/aromatic N) is 4. The van der Waals surface area contributed by atoms with Crippen molar-refractivity contribution in [2.75, 3.05) is 22.9 Å². The number of benzene rings is 2. The second kappa shape index (κ2) is 11.5. The van der Waals surface area contributed by atoms with Gasteiger partial charge in [-0.1, -0.05) is 63.1 Å². The number of carbonyl (C=O) groups is 3. The fraction of sp³-hybridized carbons (Fsp3) is 0.364. The molecule has 2 amide bonds. The van der Waals surface area contributed by atoms with E-state index in [2.05, 4.69) is 13.2 Å². The molecule has 4 rings (SSSR count). The number of nitriles is 2. The van der Waals surface area contributed by atoms with Gasteiger partial charge in [-0.15, -0.1) is 0 Å². The van der Waals surface area contributed by atoms with Gasteiger partial charge in [-0.3, -0.25) is 9.59 Å². The Labute approximate surface area is 246 Å². The van der Waals surface area contributed by atoms with E-state index in [4.69, 9.17) is 9.47 Å². The molecule has 9 heteroatoms. The summed E-state index contributed by atoms with van der Waals surface area (Å²) in [5.41, 5.74) is -2.00. The first-order chi connectivity index (χ1) is 20.0. The van der Waals surface area contributed by atoms with Crippen molar-refractivity contribution in [2.45, 2.75) is 64.6 Å². The van der Waals surface area contributed by atoms with E-state index in [1.54, 1.807) is 24.3 Å². The molecule has 2 atom stereocenters. The van der Waals surface area contributed by atoms with Crippen molar-refractivity contribution < 1.29 is 23.9 Å². The predicted octanol–water partition coefficient (Wildman–Crippen LogP) is 6.00. The SMILES string of the molecule is C=C(C#N)C1(OC(=O)OC2(C(=C)C#N)C(=O)N(CCCC)c3ccc(C)cc32)C(=O)N(CCCC)c2ccc(C)cc21. The number of unbranched alkanes of at least 4 members (excludes halogenated alkanes) is 2. The Morgan fingerprint density at radius 2 is 1.17 bits per heavy atom. The average Bonchev–Trinajstić information content (AvgIpc) is 3.34. The minimum atomic E-state index is -2.21. The Bertz CT molecular complexity index is 1470. The molecule has 2 unspecified atom stereocenters. The lowest BCUT2D eigenvalue weighted by Crippen LogP contribution is -2.48. The highest BCUT2D eigenvalue weighted by molar-refractivity contribution is 6.12. The summed E-state index contributed by atoms with van der Waals surface area (Å²) < 4.78 is 11.7. The van der Waals surface area contributed by atoms with Crippen molar-refractivity contribution in [3.05, 3.63) is 83.0 Å². The molecule has 0 aromatic heterocycles. The number of hydrogen-bond acceptors (Lipinski definition) is 7. The number of amides is 2. The molecule has 0 spiro atoms. The Morgan fingerprint density at radius 1 is 0.786 bits per heavy atom. The molecule has 2 heterocycles. The second-order valence-electron chi connectivity index (χ2n) is 10.7. The van der Waals surface area contributed by atoms with Crippen LogP contribution in [0.5, 0.6) is 0 Å². The molecule has 2 aromatic carbocycles. The number of aryl methyl sites for hydroxylation is 2. The molecule has 9 nitrogen and oxygen atoms in total. The Morgan fingerprint density at radius 3 is 1.50 bits per heavy atom. The summed E-state index contributed by atoms with van der Waals surface area (Å²) in [5.74, 6) is -1.32. The summed E-state index contributed by atoms with van der Waals surface area (Å²) in [6.07, 6.45) is 1.52. The summed E-state index contributed by atoms with van der Waals surface area (Å²) in [6.45, 7) is 15.8. The van der Waals surface area contributed by atoms with Crippen LogP contribution in [0.1, 0.15) is 61.8 Å². The first kappa shape index (κ1) is 30.1. The van der Waals surface area contributed by atoms with E-state index in [0.717, 1.165) is 24.0 Å². The Hall–Kier alpha value is -4.89. The lowest BCUT2D eigenvalue weighted by atomic mass is 9.87. The number of hydrogen-bond donors (Lipinski definition) is 0. The van der Waals surface area contributed by atoms with Gasteiger partial charge in [0.15, 0.2) is 0 Å². The van der Waals surface area contributed by atoms with Crippen LogP contribution in [0.3, 0.4) is 0 Å². The third kappa shape index (κ3) is 4.52. The number of rotatable bonds is 10. The maximum Gasteiger partial charge on any atom is 0.511 e. The molecular formula is C33H34N4O5. The van der Waals surface area contributed by atoms with E-state index in [0.29, 0.717) is 37.3 Å². The second-order valence-corrected chi connectivity index (χ2v) is 10.7. The van der Waals surface area contributed by atoms with Crippen LogP contribution in [0, 0.1) is 36.5 Å². The summed E-state index contributed by atoms with van der Waals surface area (Å²) in [5, 5.41) is 19.9. The standard InChI is InChI=1S/C33H34N4O5/c1-7-9-15-36-27-13-11-21(3)17-25(27)32(29(36)38,23(5)19-34)41-31(40)42-33(24(6)20-35)26-18-22(4)12-14-28(26)37(30(33)39)16-10-8-2/h11-14,17-18H,5-10,15-16H2,1-4H3. The minimum Gasteiger partial charge on any atom is -0.407 e. The fourth-order valence-corrected chi connectivity index (χ4v) is 5.57. The van der Waals surface area contributed by atoms with Gasteiger partial charge in [-0.25, -0.2) is 4.79 Å². The van der Waals surface area contributed by atoms with Crippen molar-refractivity contribution in [3.8, 4) is 12.1 Å². The monoisotopic (exact) mass is 566 g/mol. The van der Waals surface area contributed by atoms with Crippen molar-refractivity contribution in [3.63, 3.8) is 0 Å². The van der Waals surface area contributed by atoms with E-state index in [9.17, 15) is 24.9 Å². The maximum absolute atomic E-state index is 14.1. The molecule has 0 bridgehead atoms. The van der Waals surface area contributed by atoms with Gasteiger partial charge in [0.05, 0.1) is 34.7 Å². The smallest absolute Gasteiger partial charge is 0.407 e. The van der Waals surface area contributed by atoms with E-state index >= 15 is 0 Å². The zero-order chi connectivity index (χ0) is 30.8. The van der Waals surface area contributed by atoms with Gasteiger partial charge in [0, 0.05) is 24.2 Å². The summed E-state index contributed by atoms with van der Waals surface area (Å²) >= 11 is 0. The van der Waals surface area contributed by atoms with Crippen LogP contribution in [-0.2, 0) is 30.3 Å². The van der Waals surface area contributed by atoms with Crippen LogP contribution in [-0.4, -0.2) is 31.1 Å². The van der Waals surface area contributed by atoms with Crippen LogP contribution in [0.15, 0.2) is 60.7 Å². The zero-order valence-electron chi connectivity index (χ0n) is 24.5. The van der Waals surface area contributed by atoms with Gasteiger partial charge in [0.2, 0.25) is 0 Å². The van der Waals surface area contributed by atoms with Gasteiger partial charge < -0.3 is 19.3 Å². The predicted molar refractivity (Wildman–Crippen MR) is 157 cm³/mol. The molecule has 2 aliphatic rings. The van der Waals surface area contributed by atoms with Crippen molar-refractivity contribution >= 4 is 29.3 Å². The molecule has 0 fully saturated rings. The van der Waals surface area contributed by atoms with E-state index in [-0.39, 0.29) is 22.3 Å². The van der Waals surface area contributed by atoms with E-state index in [1.807, 2.05) is 52.0 Å². The van der Waals surface area contributed by atoms with E-state index in [1.165, 1.54) is 9.80 Å². The molecule has 0 N–H and O–H groups in total. The minimum absolute atomic E-state index is 0.277. The highest BCUT2D eigenvalue weighted by atomic mass is 16.7. The maximum atomic E-state index is 14.1. The van der Waals surface area contributed by atoms with Crippen molar-refractivity contribution in [1.29, 1.82) is 10.5 Å². The zero-order valence-corrected chi connectivity index (χ0v) is 24.5. The highest BCUT2D eigenvalue weighted by Gasteiger charge is 2.61. The highest BCUT2D eigenvalue weighted by Crippen LogP contribution is 2.50. The largest absolute Gasteiger partial charge is 0.511 e. The van der Waals surface area contributed by atoms with Crippen molar-refractivity contribution in [2.24, 2.45) is 0 Å². The summed E-state index contributed by atoms with van der Waals surface area (Å²) in [6, 6.07) is 14.3. The number of carbonyl (C=O) groups excluding carboxylic acids is 3. The van der Waals surface area contributed by atoms with E-state index < -0.39 is 29.2 Å². The molecule has 216 valence electrons. The first-order valence-electron chi connectivity index (χ1n) is 14.0. The molecule has 42 heavy (non-hydrogen) atoms. The molecule has 0 saturated heterocycles. The molecule has 0 radical (unpaired) electrons. The topological polar surface area (TPSA) is 124 Å². The van der Waals surface area contributed by atoms with Crippen molar-refractivity contribution in [1.82, 2.24) is 0 Å². The average molecular weight is 567 g/mol. The molecule has 0 saturated carbocycles. The number of ether oxygens (including phenoxy) is 2. The van der Waals surface area contributed by atoms with Gasteiger partial charge in [0.25, 0.3) is 23.0 Å². The van der Waals surface area contributed by atoms with Gasteiger partial charge in [0.1, 0.15) is 0 Å². The lowest BCUT2D eigenvalue weighted by molar-refractivity contribution is -0.143. The van der Waals surface area contributed by atoms with Gasteiger partial charge in [-0.05, 0) is 51.0 Å². The van der Waals surface area contributed by atoms with Crippen LogP contribution < -0.4 is 9.80 Å². The molecule has 2 aromatic rings. The molecular weight excluding hydrogens is 532 g/mol. The number of anilines is 2. The summed E-state index contributed by atoms with van der Waals surface area (Å²) in [7, 11) is 0. The summed E-state index contributed by atoms with van der Waals surface area (Å²) in [4.78, 5) is 44.9. The molecule has 2 aliphatic heterocycles. The number of fused-ring (bicyclic) bond motifs is 2. The normalized spacial score (nSPS) is 20.4. The lowest BCUT2D eigenvalue weighted by Gasteiger charge is -2.31. The molecule has 0 aliphatic carbocycles. The Balaban J connectivity index is 1.84. The first-order valence-corrected chi connectivity index (χ1v) is 14.0. The third-order valence-electron chi connectivity index (χ3n) is 7.80. The van der Waals surface area contributed by atoms with Gasteiger partial charge >= 0.3 is 6.16 Å². The van der Waals surface area contributed by atoms with Gasteiger partial charge in [-0.2, -0.15) is 10.5 Å².